The third-order valence-corrected chi connectivity index (χ3v) is 5.34. The number of hydrogen-bond donors (Lipinski definition) is 2. The molecular formula is C21H21ClFN3O3. The Hall–Kier alpha value is -2.93. The first kappa shape index (κ1) is 20.8. The largest absolute Gasteiger partial charge is 0.348 e. The Bertz CT molecular complexity index is 933. The number of amides is 4. The molecule has 8 heteroatoms. The van der Waals surface area contributed by atoms with Gasteiger partial charge in [-0.15, -0.1) is 0 Å². The number of benzene rings is 2. The number of nitrogens with zero attached hydrogens (tertiary/aromatic N) is 1. The molecule has 0 aliphatic carbocycles. The molecule has 6 nitrogen and oxygen atoms in total. The first-order valence-electron chi connectivity index (χ1n) is 9.22. The number of imide groups is 1. The molecule has 0 bridgehead atoms. The summed E-state index contributed by atoms with van der Waals surface area (Å²) in [6.45, 7) is 3.13. The zero-order valence-electron chi connectivity index (χ0n) is 16.0. The highest BCUT2D eigenvalue weighted by molar-refractivity contribution is 6.30. The Kier molecular flexibility index (Phi) is 5.88. The highest BCUT2D eigenvalue weighted by atomic mass is 35.5. The lowest BCUT2D eigenvalue weighted by atomic mass is 9.87. The molecule has 0 spiro atoms. The van der Waals surface area contributed by atoms with E-state index in [1.165, 1.54) is 24.3 Å². The summed E-state index contributed by atoms with van der Waals surface area (Å²) in [5.74, 6) is -1.45. The molecule has 29 heavy (non-hydrogen) atoms. The summed E-state index contributed by atoms with van der Waals surface area (Å²) in [7, 11) is 0. The van der Waals surface area contributed by atoms with E-state index >= 15 is 0 Å². The lowest BCUT2D eigenvalue weighted by molar-refractivity contribution is -0.135. The van der Waals surface area contributed by atoms with Crippen LogP contribution in [0.25, 0.3) is 0 Å². The van der Waals surface area contributed by atoms with Crippen LogP contribution in [0.3, 0.4) is 0 Å². The number of rotatable bonds is 6. The van der Waals surface area contributed by atoms with Gasteiger partial charge < -0.3 is 10.6 Å². The highest BCUT2D eigenvalue weighted by Crippen LogP contribution is 2.32. The van der Waals surface area contributed by atoms with Gasteiger partial charge >= 0.3 is 6.03 Å². The van der Waals surface area contributed by atoms with Gasteiger partial charge in [0.1, 0.15) is 17.9 Å². The van der Waals surface area contributed by atoms with Crippen LogP contribution >= 0.6 is 11.6 Å². The molecule has 1 aliphatic rings. The summed E-state index contributed by atoms with van der Waals surface area (Å²) < 4.78 is 13.3. The van der Waals surface area contributed by atoms with Gasteiger partial charge in [0.05, 0.1) is 6.04 Å². The van der Waals surface area contributed by atoms with Crippen molar-refractivity contribution in [2.45, 2.75) is 31.8 Å². The van der Waals surface area contributed by atoms with Gasteiger partial charge in [0.2, 0.25) is 5.91 Å². The Morgan fingerprint density at radius 1 is 1.17 bits per heavy atom. The van der Waals surface area contributed by atoms with E-state index in [-0.39, 0.29) is 12.5 Å². The minimum absolute atomic E-state index is 0.266. The first-order chi connectivity index (χ1) is 13.8. The molecule has 1 heterocycles. The molecule has 0 radical (unpaired) electrons. The van der Waals surface area contributed by atoms with Gasteiger partial charge in [-0.2, -0.15) is 0 Å². The minimum atomic E-state index is -1.31. The number of hydrogen-bond acceptors (Lipinski definition) is 3. The third kappa shape index (κ3) is 4.10. The number of urea groups is 1. The topological polar surface area (TPSA) is 78.5 Å². The molecule has 3 rings (SSSR count). The maximum absolute atomic E-state index is 13.3. The van der Waals surface area contributed by atoms with E-state index < -0.39 is 35.7 Å². The maximum Gasteiger partial charge on any atom is 0.325 e. The van der Waals surface area contributed by atoms with E-state index in [4.69, 9.17) is 11.6 Å². The quantitative estimate of drug-likeness (QED) is 0.706. The van der Waals surface area contributed by atoms with Crippen LogP contribution in [0.15, 0.2) is 48.5 Å². The predicted octanol–water partition coefficient (Wildman–Crippen LogP) is 3.51. The van der Waals surface area contributed by atoms with Crippen LogP contribution in [0.2, 0.25) is 5.02 Å². The van der Waals surface area contributed by atoms with Crippen LogP contribution in [0.5, 0.6) is 0 Å². The average molecular weight is 418 g/mol. The molecule has 0 saturated carbocycles. The van der Waals surface area contributed by atoms with Crippen LogP contribution in [0.1, 0.15) is 37.4 Å². The molecule has 2 N–H and O–H groups in total. The van der Waals surface area contributed by atoms with Gasteiger partial charge in [0, 0.05) is 5.02 Å². The zero-order chi connectivity index (χ0) is 21.2. The van der Waals surface area contributed by atoms with Crippen molar-refractivity contribution in [2.75, 3.05) is 6.54 Å². The number of nitrogens with one attached hydrogen (secondary N) is 2. The molecule has 1 fully saturated rings. The normalized spacial score (nSPS) is 19.8. The van der Waals surface area contributed by atoms with Gasteiger partial charge in [0.15, 0.2) is 0 Å². The van der Waals surface area contributed by atoms with Crippen LogP contribution in [-0.4, -0.2) is 29.3 Å². The predicted molar refractivity (Wildman–Crippen MR) is 107 cm³/mol. The Morgan fingerprint density at radius 3 is 2.38 bits per heavy atom. The van der Waals surface area contributed by atoms with E-state index in [2.05, 4.69) is 10.6 Å². The van der Waals surface area contributed by atoms with Crippen molar-refractivity contribution in [3.8, 4) is 0 Å². The number of halogens is 2. The van der Waals surface area contributed by atoms with E-state index in [0.717, 1.165) is 10.5 Å². The van der Waals surface area contributed by atoms with Crippen LogP contribution in [0.4, 0.5) is 9.18 Å². The van der Waals surface area contributed by atoms with Crippen molar-refractivity contribution < 1.29 is 18.8 Å². The van der Waals surface area contributed by atoms with Crippen molar-refractivity contribution in [3.05, 3.63) is 70.5 Å². The van der Waals surface area contributed by atoms with E-state index in [1.807, 2.05) is 0 Å². The SMILES string of the molecule is CC[C@@]1(c2ccc(F)cc2)NC(=O)N(CC(=O)N[C@H](C)c2ccc(Cl)cc2)C1=O. The molecule has 2 aromatic rings. The molecule has 1 saturated heterocycles. The molecule has 1 aliphatic heterocycles. The fraction of sp³-hybridized carbons (Fsp3) is 0.286. The summed E-state index contributed by atoms with van der Waals surface area (Å²) in [4.78, 5) is 38.8. The minimum Gasteiger partial charge on any atom is -0.348 e. The second kappa shape index (κ2) is 8.21. The van der Waals surface area contributed by atoms with Crippen molar-refractivity contribution >= 4 is 29.4 Å². The van der Waals surface area contributed by atoms with Crippen molar-refractivity contribution in [2.24, 2.45) is 0 Å². The van der Waals surface area contributed by atoms with Crippen LogP contribution in [-0.2, 0) is 15.1 Å². The lowest BCUT2D eigenvalue weighted by Gasteiger charge is -2.25. The number of carbonyl (C=O) groups excluding carboxylic acids is 3. The second-order valence-corrected chi connectivity index (χ2v) is 7.36. The van der Waals surface area contributed by atoms with Crippen molar-refractivity contribution in [1.29, 1.82) is 0 Å². The van der Waals surface area contributed by atoms with Gasteiger partial charge in [-0.1, -0.05) is 42.8 Å². The summed E-state index contributed by atoms with van der Waals surface area (Å²) in [6, 6.07) is 11.4. The Morgan fingerprint density at radius 2 is 1.79 bits per heavy atom. The van der Waals surface area contributed by atoms with Crippen molar-refractivity contribution in [3.63, 3.8) is 0 Å². The molecule has 4 amide bonds. The summed E-state index contributed by atoms with van der Waals surface area (Å²) in [5.41, 5.74) is -0.00120. The molecule has 0 aromatic heterocycles. The smallest absolute Gasteiger partial charge is 0.325 e. The van der Waals surface area contributed by atoms with Crippen molar-refractivity contribution in [1.82, 2.24) is 15.5 Å². The van der Waals surface area contributed by atoms with Gasteiger partial charge in [-0.05, 0) is 48.7 Å². The van der Waals surface area contributed by atoms with Gasteiger partial charge in [-0.25, -0.2) is 9.18 Å². The Labute approximate surface area is 173 Å². The molecule has 152 valence electrons. The number of carbonyl (C=O) groups is 3. The fourth-order valence-electron chi connectivity index (χ4n) is 3.41. The standard InChI is InChI=1S/C21H21ClFN3O3/c1-3-21(15-6-10-17(23)11-7-15)19(28)26(20(29)25-21)12-18(27)24-13(2)14-4-8-16(22)9-5-14/h4-11,13H,3,12H2,1-2H3,(H,24,27)(H,25,29)/t13-,21+/m1/s1. The molecule has 0 unspecified atom stereocenters. The molecule has 2 aromatic carbocycles. The fourth-order valence-corrected chi connectivity index (χ4v) is 3.54. The molecule has 2 atom stereocenters. The maximum atomic E-state index is 13.3. The summed E-state index contributed by atoms with van der Waals surface area (Å²) in [6.07, 6.45) is 0.266. The van der Waals surface area contributed by atoms with Crippen LogP contribution in [0, 0.1) is 5.82 Å². The summed E-state index contributed by atoms with van der Waals surface area (Å²) >= 11 is 5.87. The monoisotopic (exact) mass is 417 g/mol. The third-order valence-electron chi connectivity index (χ3n) is 5.09. The summed E-state index contributed by atoms with van der Waals surface area (Å²) in [5, 5.41) is 6.03. The van der Waals surface area contributed by atoms with Crippen LogP contribution < -0.4 is 10.6 Å². The lowest BCUT2D eigenvalue weighted by Crippen LogP contribution is -2.45. The molecular weight excluding hydrogens is 397 g/mol. The van der Waals surface area contributed by atoms with Gasteiger partial charge in [-0.3, -0.25) is 14.5 Å². The zero-order valence-corrected chi connectivity index (χ0v) is 16.8. The first-order valence-corrected chi connectivity index (χ1v) is 9.59. The van der Waals surface area contributed by atoms with Gasteiger partial charge in [0.25, 0.3) is 5.91 Å². The second-order valence-electron chi connectivity index (χ2n) is 6.93. The average Bonchev–Trinajstić information content (AvgIpc) is 2.94. The van der Waals surface area contributed by atoms with E-state index in [9.17, 15) is 18.8 Å². The van der Waals surface area contributed by atoms with E-state index in [0.29, 0.717) is 10.6 Å². The Balaban J connectivity index is 1.73. The highest BCUT2D eigenvalue weighted by Gasteiger charge is 2.51. The van der Waals surface area contributed by atoms with E-state index in [1.54, 1.807) is 38.1 Å².